The third-order valence-corrected chi connectivity index (χ3v) is 2.24. The van der Waals surface area contributed by atoms with E-state index >= 15 is 0 Å². The van der Waals surface area contributed by atoms with Gasteiger partial charge in [-0.05, 0) is 37.1 Å². The highest BCUT2D eigenvalue weighted by Gasteiger charge is 1.92. The summed E-state index contributed by atoms with van der Waals surface area (Å²) in [4.78, 5) is 0. The van der Waals surface area contributed by atoms with Gasteiger partial charge >= 0.3 is 0 Å². The zero-order valence-electron chi connectivity index (χ0n) is 7.50. The van der Waals surface area contributed by atoms with Crippen LogP contribution >= 0.6 is 15.9 Å². The molecule has 0 aromatic heterocycles. The fourth-order valence-electron chi connectivity index (χ4n) is 0.951. The van der Waals surface area contributed by atoms with E-state index in [9.17, 15) is 0 Å². The Balaban J connectivity index is 2.25. The molecule has 0 aliphatic heterocycles. The molecule has 2 nitrogen and oxygen atoms in total. The summed E-state index contributed by atoms with van der Waals surface area (Å²) in [6.07, 6.45) is 2.23. The molecule has 0 fully saturated rings. The molecule has 0 amide bonds. The van der Waals surface area contributed by atoms with Crippen LogP contribution in [0.3, 0.4) is 0 Å². The summed E-state index contributed by atoms with van der Waals surface area (Å²) in [5, 5.41) is 1.04. The fraction of sp³-hybridized carbons (Fsp3) is 0.400. The standard InChI is InChI=1S/C10H14BrNO/c11-7-1-2-8-13-10-5-3-9(12)4-6-10/h3-6H,1-2,7-8,12H2. The van der Waals surface area contributed by atoms with Gasteiger partial charge in [-0.15, -0.1) is 0 Å². The number of ether oxygens (including phenoxy) is 1. The van der Waals surface area contributed by atoms with Gasteiger partial charge in [0, 0.05) is 11.0 Å². The van der Waals surface area contributed by atoms with E-state index in [1.54, 1.807) is 0 Å². The minimum Gasteiger partial charge on any atom is -0.494 e. The van der Waals surface area contributed by atoms with Crippen molar-refractivity contribution < 1.29 is 4.74 Å². The van der Waals surface area contributed by atoms with Gasteiger partial charge in [0.05, 0.1) is 6.61 Å². The summed E-state index contributed by atoms with van der Waals surface area (Å²) in [6, 6.07) is 7.48. The maximum Gasteiger partial charge on any atom is 0.119 e. The number of alkyl halides is 1. The van der Waals surface area contributed by atoms with Crippen LogP contribution in [0.25, 0.3) is 0 Å². The molecule has 72 valence electrons. The lowest BCUT2D eigenvalue weighted by atomic mass is 10.3. The lowest BCUT2D eigenvalue weighted by Gasteiger charge is -2.04. The topological polar surface area (TPSA) is 35.2 Å². The summed E-state index contributed by atoms with van der Waals surface area (Å²) < 4.78 is 5.49. The molecule has 0 saturated carbocycles. The Morgan fingerprint density at radius 3 is 2.46 bits per heavy atom. The minimum atomic E-state index is 0.771. The van der Waals surface area contributed by atoms with Crippen LogP contribution in [0.15, 0.2) is 24.3 Å². The molecule has 2 N–H and O–H groups in total. The summed E-state index contributed by atoms with van der Waals surface area (Å²) >= 11 is 3.37. The van der Waals surface area contributed by atoms with Crippen LogP contribution in [-0.4, -0.2) is 11.9 Å². The number of hydrogen-bond donors (Lipinski definition) is 1. The van der Waals surface area contributed by atoms with E-state index in [-0.39, 0.29) is 0 Å². The number of anilines is 1. The Hall–Kier alpha value is -0.700. The smallest absolute Gasteiger partial charge is 0.119 e. The predicted molar refractivity (Wildman–Crippen MR) is 59.4 cm³/mol. The third-order valence-electron chi connectivity index (χ3n) is 1.68. The largest absolute Gasteiger partial charge is 0.494 e. The highest BCUT2D eigenvalue weighted by Crippen LogP contribution is 2.13. The van der Waals surface area contributed by atoms with E-state index in [0.29, 0.717) is 0 Å². The van der Waals surface area contributed by atoms with Crippen LogP contribution in [-0.2, 0) is 0 Å². The van der Waals surface area contributed by atoms with E-state index in [1.165, 1.54) is 0 Å². The van der Waals surface area contributed by atoms with Crippen molar-refractivity contribution in [2.75, 3.05) is 17.7 Å². The van der Waals surface area contributed by atoms with Crippen molar-refractivity contribution in [3.8, 4) is 5.75 Å². The number of hydrogen-bond acceptors (Lipinski definition) is 2. The van der Waals surface area contributed by atoms with Crippen molar-refractivity contribution in [2.45, 2.75) is 12.8 Å². The van der Waals surface area contributed by atoms with Crippen LogP contribution in [0.5, 0.6) is 5.75 Å². The van der Waals surface area contributed by atoms with Gasteiger partial charge in [-0.2, -0.15) is 0 Å². The first kappa shape index (κ1) is 10.4. The number of halogens is 1. The Kier molecular flexibility index (Phi) is 4.68. The molecule has 0 heterocycles. The predicted octanol–water partition coefficient (Wildman–Crippen LogP) is 2.82. The lowest BCUT2D eigenvalue weighted by Crippen LogP contribution is -1.97. The van der Waals surface area contributed by atoms with Gasteiger partial charge in [-0.25, -0.2) is 0 Å². The number of benzene rings is 1. The van der Waals surface area contributed by atoms with Gasteiger partial charge in [-0.3, -0.25) is 0 Å². The molecule has 1 aromatic carbocycles. The van der Waals surface area contributed by atoms with Crippen LogP contribution in [0.4, 0.5) is 5.69 Å². The molecule has 0 bridgehead atoms. The number of nitrogen functional groups attached to an aromatic ring is 1. The van der Waals surface area contributed by atoms with Crippen molar-refractivity contribution in [3.63, 3.8) is 0 Å². The molecular weight excluding hydrogens is 230 g/mol. The summed E-state index contributed by atoms with van der Waals surface area (Å²) in [5.74, 6) is 0.892. The molecule has 0 unspecified atom stereocenters. The average molecular weight is 244 g/mol. The maximum absolute atomic E-state index is 5.54. The quantitative estimate of drug-likeness (QED) is 0.491. The van der Waals surface area contributed by atoms with Crippen molar-refractivity contribution >= 4 is 21.6 Å². The maximum atomic E-state index is 5.54. The van der Waals surface area contributed by atoms with E-state index in [1.807, 2.05) is 24.3 Å². The molecule has 13 heavy (non-hydrogen) atoms. The first-order valence-corrected chi connectivity index (χ1v) is 5.49. The fourth-order valence-corrected chi connectivity index (χ4v) is 1.35. The molecule has 0 aliphatic rings. The monoisotopic (exact) mass is 243 g/mol. The second-order valence-electron chi connectivity index (χ2n) is 2.81. The van der Waals surface area contributed by atoms with E-state index in [0.717, 1.165) is 36.2 Å². The molecule has 1 aromatic rings. The van der Waals surface area contributed by atoms with Gasteiger partial charge in [0.15, 0.2) is 0 Å². The van der Waals surface area contributed by atoms with Gasteiger partial charge in [-0.1, -0.05) is 15.9 Å². The number of rotatable bonds is 5. The second kappa shape index (κ2) is 5.86. The van der Waals surface area contributed by atoms with Crippen LogP contribution in [0.1, 0.15) is 12.8 Å². The molecule has 0 saturated heterocycles. The molecular formula is C10H14BrNO. The summed E-state index contributed by atoms with van der Waals surface area (Å²) in [5.41, 5.74) is 6.31. The highest BCUT2D eigenvalue weighted by atomic mass is 79.9. The first-order valence-electron chi connectivity index (χ1n) is 4.37. The van der Waals surface area contributed by atoms with Crippen molar-refractivity contribution in [2.24, 2.45) is 0 Å². The van der Waals surface area contributed by atoms with Gasteiger partial charge in [0.2, 0.25) is 0 Å². The Bertz CT molecular complexity index is 235. The van der Waals surface area contributed by atoms with Crippen molar-refractivity contribution in [3.05, 3.63) is 24.3 Å². The number of unbranched alkanes of at least 4 members (excludes halogenated alkanes) is 1. The van der Waals surface area contributed by atoms with Crippen molar-refractivity contribution in [1.82, 2.24) is 0 Å². The van der Waals surface area contributed by atoms with Crippen LogP contribution in [0.2, 0.25) is 0 Å². The van der Waals surface area contributed by atoms with E-state index in [2.05, 4.69) is 15.9 Å². The zero-order chi connectivity index (χ0) is 9.52. The van der Waals surface area contributed by atoms with Crippen LogP contribution < -0.4 is 10.5 Å². The number of nitrogens with two attached hydrogens (primary N) is 1. The average Bonchev–Trinajstić information content (AvgIpc) is 2.15. The molecule has 0 atom stereocenters. The SMILES string of the molecule is Nc1ccc(OCCCCBr)cc1. The highest BCUT2D eigenvalue weighted by molar-refractivity contribution is 9.09. The molecule has 3 heteroatoms. The summed E-state index contributed by atoms with van der Waals surface area (Å²) in [6.45, 7) is 0.773. The van der Waals surface area contributed by atoms with Crippen molar-refractivity contribution in [1.29, 1.82) is 0 Å². The second-order valence-corrected chi connectivity index (χ2v) is 3.61. The first-order chi connectivity index (χ1) is 6.33. The van der Waals surface area contributed by atoms with Gasteiger partial charge < -0.3 is 10.5 Å². The Labute approximate surface area is 87.2 Å². The van der Waals surface area contributed by atoms with E-state index < -0.39 is 0 Å². The molecule has 1 rings (SSSR count). The van der Waals surface area contributed by atoms with E-state index in [4.69, 9.17) is 10.5 Å². The Morgan fingerprint density at radius 2 is 1.85 bits per heavy atom. The van der Waals surface area contributed by atoms with Gasteiger partial charge in [0.25, 0.3) is 0 Å². The molecule has 0 spiro atoms. The summed E-state index contributed by atoms with van der Waals surface area (Å²) in [7, 11) is 0. The van der Waals surface area contributed by atoms with Crippen LogP contribution in [0, 0.1) is 0 Å². The third kappa shape index (κ3) is 4.18. The normalized spacial score (nSPS) is 9.92. The Morgan fingerprint density at radius 1 is 1.15 bits per heavy atom. The molecule has 0 radical (unpaired) electrons. The minimum absolute atomic E-state index is 0.771. The lowest BCUT2D eigenvalue weighted by molar-refractivity contribution is 0.310. The van der Waals surface area contributed by atoms with Gasteiger partial charge in [0.1, 0.15) is 5.75 Å². The molecule has 0 aliphatic carbocycles. The zero-order valence-corrected chi connectivity index (χ0v) is 9.09.